The third-order valence-electron chi connectivity index (χ3n) is 1.66. The Morgan fingerprint density at radius 2 is 2.38 bits per heavy atom. The summed E-state index contributed by atoms with van der Waals surface area (Å²) in [6.45, 7) is 0.520. The van der Waals surface area contributed by atoms with E-state index in [1.54, 1.807) is 12.4 Å². The fourth-order valence-corrected chi connectivity index (χ4v) is 1.06. The van der Waals surface area contributed by atoms with Crippen molar-refractivity contribution >= 4 is 11.4 Å². The lowest BCUT2D eigenvalue weighted by molar-refractivity contribution is 1.11. The lowest BCUT2D eigenvalue weighted by Gasteiger charge is -2.16. The molecule has 13 heavy (non-hydrogen) atoms. The van der Waals surface area contributed by atoms with Gasteiger partial charge < -0.3 is 10.2 Å². The lowest BCUT2D eigenvalue weighted by Crippen LogP contribution is -2.12. The van der Waals surface area contributed by atoms with Gasteiger partial charge in [-0.15, -0.1) is 6.42 Å². The normalized spacial score (nSPS) is 9.00. The summed E-state index contributed by atoms with van der Waals surface area (Å²) in [5.74, 6) is 2.52. The number of hydrogen-bond donors (Lipinski definition) is 1. The third kappa shape index (κ3) is 2.38. The first-order chi connectivity index (χ1) is 6.25. The first kappa shape index (κ1) is 9.40. The van der Waals surface area contributed by atoms with Gasteiger partial charge in [-0.3, -0.25) is 4.98 Å². The molecule has 1 N–H and O–H groups in total. The first-order valence-corrected chi connectivity index (χ1v) is 4.04. The van der Waals surface area contributed by atoms with E-state index in [1.807, 2.05) is 25.1 Å². The molecule has 0 aliphatic rings. The van der Waals surface area contributed by atoms with Crippen molar-refractivity contribution in [2.24, 2.45) is 0 Å². The highest BCUT2D eigenvalue weighted by Crippen LogP contribution is 2.21. The monoisotopic (exact) mass is 175 g/mol. The van der Waals surface area contributed by atoms with Gasteiger partial charge in [0.2, 0.25) is 0 Å². The SMILES string of the molecule is C#CCNc1cnccc1N(C)C. The Hall–Kier alpha value is -1.69. The molecule has 0 bridgehead atoms. The first-order valence-electron chi connectivity index (χ1n) is 4.04. The maximum absolute atomic E-state index is 5.16. The molecular weight excluding hydrogens is 162 g/mol. The molecule has 0 radical (unpaired) electrons. The second-order valence-electron chi connectivity index (χ2n) is 2.84. The summed E-state index contributed by atoms with van der Waals surface area (Å²) in [6.07, 6.45) is 8.69. The molecule has 1 heterocycles. The average molecular weight is 175 g/mol. The van der Waals surface area contributed by atoms with Crippen molar-refractivity contribution in [3.05, 3.63) is 18.5 Å². The molecule has 0 unspecified atom stereocenters. The Labute approximate surface area is 78.8 Å². The highest BCUT2D eigenvalue weighted by atomic mass is 15.1. The van der Waals surface area contributed by atoms with E-state index in [0.29, 0.717) is 6.54 Å². The topological polar surface area (TPSA) is 28.2 Å². The molecule has 0 saturated heterocycles. The van der Waals surface area contributed by atoms with E-state index in [9.17, 15) is 0 Å². The molecule has 0 fully saturated rings. The van der Waals surface area contributed by atoms with Gasteiger partial charge in [-0.25, -0.2) is 0 Å². The summed E-state index contributed by atoms with van der Waals surface area (Å²) in [6, 6.07) is 1.94. The maximum atomic E-state index is 5.16. The van der Waals surface area contributed by atoms with E-state index in [0.717, 1.165) is 11.4 Å². The third-order valence-corrected chi connectivity index (χ3v) is 1.66. The van der Waals surface area contributed by atoms with E-state index in [4.69, 9.17) is 6.42 Å². The molecule has 0 atom stereocenters. The van der Waals surface area contributed by atoms with Crippen LogP contribution in [0, 0.1) is 12.3 Å². The van der Waals surface area contributed by atoms with Crippen LogP contribution < -0.4 is 10.2 Å². The van der Waals surface area contributed by atoms with Gasteiger partial charge in [-0.05, 0) is 6.07 Å². The van der Waals surface area contributed by atoms with Crippen LogP contribution in [0.5, 0.6) is 0 Å². The Bertz CT molecular complexity index is 312. The highest BCUT2D eigenvalue weighted by Gasteiger charge is 2.01. The zero-order valence-corrected chi connectivity index (χ0v) is 7.91. The van der Waals surface area contributed by atoms with Crippen LogP contribution in [0.1, 0.15) is 0 Å². The zero-order valence-electron chi connectivity index (χ0n) is 7.91. The Kier molecular flexibility index (Phi) is 3.15. The van der Waals surface area contributed by atoms with Gasteiger partial charge in [-0.2, -0.15) is 0 Å². The van der Waals surface area contributed by atoms with Crippen LogP contribution in [0.3, 0.4) is 0 Å². The van der Waals surface area contributed by atoms with Crippen LogP contribution in [0.4, 0.5) is 11.4 Å². The predicted molar refractivity (Wildman–Crippen MR) is 55.9 cm³/mol. The molecule has 0 aliphatic heterocycles. The number of rotatable bonds is 3. The van der Waals surface area contributed by atoms with Gasteiger partial charge in [0, 0.05) is 20.3 Å². The van der Waals surface area contributed by atoms with E-state index in [2.05, 4.69) is 16.2 Å². The van der Waals surface area contributed by atoms with E-state index in [-0.39, 0.29) is 0 Å². The fourth-order valence-electron chi connectivity index (χ4n) is 1.06. The summed E-state index contributed by atoms with van der Waals surface area (Å²) >= 11 is 0. The summed E-state index contributed by atoms with van der Waals surface area (Å²) in [5.41, 5.74) is 2.05. The molecule has 1 aromatic heterocycles. The Balaban J connectivity index is 2.86. The van der Waals surface area contributed by atoms with Gasteiger partial charge in [-0.1, -0.05) is 5.92 Å². The van der Waals surface area contributed by atoms with Crippen LogP contribution in [0.2, 0.25) is 0 Å². The van der Waals surface area contributed by atoms with Crippen molar-refractivity contribution in [2.45, 2.75) is 0 Å². The van der Waals surface area contributed by atoms with Crippen LogP contribution in [0.15, 0.2) is 18.5 Å². The van der Waals surface area contributed by atoms with Crippen LogP contribution in [0.25, 0.3) is 0 Å². The number of terminal acetylenes is 1. The van der Waals surface area contributed by atoms with Crippen molar-refractivity contribution in [3.8, 4) is 12.3 Å². The molecule has 0 aromatic carbocycles. The van der Waals surface area contributed by atoms with Crippen molar-refractivity contribution in [3.63, 3.8) is 0 Å². The summed E-state index contributed by atoms with van der Waals surface area (Å²) < 4.78 is 0. The Morgan fingerprint density at radius 3 is 3.00 bits per heavy atom. The number of hydrogen-bond acceptors (Lipinski definition) is 3. The average Bonchev–Trinajstić information content (AvgIpc) is 2.15. The van der Waals surface area contributed by atoms with Crippen molar-refractivity contribution in [1.82, 2.24) is 4.98 Å². The number of nitrogens with zero attached hydrogens (tertiary/aromatic N) is 2. The molecule has 3 nitrogen and oxygen atoms in total. The molecule has 1 aromatic rings. The molecule has 68 valence electrons. The quantitative estimate of drug-likeness (QED) is 0.699. The van der Waals surface area contributed by atoms with Gasteiger partial charge in [0.25, 0.3) is 0 Å². The van der Waals surface area contributed by atoms with E-state index < -0.39 is 0 Å². The van der Waals surface area contributed by atoms with Crippen molar-refractivity contribution in [1.29, 1.82) is 0 Å². The number of anilines is 2. The summed E-state index contributed by atoms with van der Waals surface area (Å²) in [5, 5.41) is 3.10. The van der Waals surface area contributed by atoms with E-state index >= 15 is 0 Å². The highest BCUT2D eigenvalue weighted by molar-refractivity contribution is 5.68. The molecule has 0 spiro atoms. The minimum absolute atomic E-state index is 0.520. The van der Waals surface area contributed by atoms with Crippen molar-refractivity contribution < 1.29 is 0 Å². The molecule has 0 saturated carbocycles. The maximum Gasteiger partial charge on any atom is 0.0771 e. The lowest BCUT2D eigenvalue weighted by atomic mass is 10.3. The van der Waals surface area contributed by atoms with Crippen LogP contribution in [-0.4, -0.2) is 25.6 Å². The number of pyridine rings is 1. The van der Waals surface area contributed by atoms with Gasteiger partial charge in [0.1, 0.15) is 0 Å². The van der Waals surface area contributed by atoms with Gasteiger partial charge in [0.15, 0.2) is 0 Å². The molecular formula is C10H13N3. The van der Waals surface area contributed by atoms with Gasteiger partial charge >= 0.3 is 0 Å². The fraction of sp³-hybridized carbons (Fsp3) is 0.300. The zero-order chi connectivity index (χ0) is 9.68. The molecule has 1 rings (SSSR count). The summed E-state index contributed by atoms with van der Waals surface area (Å²) in [4.78, 5) is 6.04. The minimum atomic E-state index is 0.520. The van der Waals surface area contributed by atoms with Crippen LogP contribution in [-0.2, 0) is 0 Å². The van der Waals surface area contributed by atoms with E-state index in [1.165, 1.54) is 0 Å². The minimum Gasteiger partial charge on any atom is -0.376 e. The molecule has 0 amide bonds. The molecule has 3 heteroatoms. The predicted octanol–water partition coefficient (Wildman–Crippen LogP) is 1.19. The van der Waals surface area contributed by atoms with Gasteiger partial charge in [0.05, 0.1) is 24.1 Å². The standard InChI is InChI=1S/C10H13N3/c1-4-6-12-9-8-11-7-5-10(9)13(2)3/h1,5,7-8,12H,6H2,2-3H3. The number of aromatic nitrogens is 1. The largest absolute Gasteiger partial charge is 0.376 e. The number of nitrogens with one attached hydrogen (secondary N) is 1. The van der Waals surface area contributed by atoms with Crippen molar-refractivity contribution in [2.75, 3.05) is 30.9 Å². The second kappa shape index (κ2) is 4.36. The molecule has 0 aliphatic carbocycles. The summed E-state index contributed by atoms with van der Waals surface area (Å²) in [7, 11) is 3.97. The van der Waals surface area contributed by atoms with Crippen LogP contribution >= 0.6 is 0 Å². The smallest absolute Gasteiger partial charge is 0.0771 e. The Morgan fingerprint density at radius 1 is 1.62 bits per heavy atom. The second-order valence-corrected chi connectivity index (χ2v) is 2.84.